The molecule has 0 unspecified atom stereocenters. The molecule has 1 aromatic heterocycles. The Balaban J connectivity index is 1.32. The smallest absolute Gasteiger partial charge is 0.231 e. The number of benzene rings is 2. The van der Waals surface area contributed by atoms with E-state index in [1.165, 1.54) is 5.56 Å². The molecule has 0 amide bonds. The molecule has 1 fully saturated rings. The van der Waals surface area contributed by atoms with Gasteiger partial charge in [-0.05, 0) is 49.8 Å². The molecule has 3 aromatic rings. The number of fused-ring (bicyclic) bond motifs is 1. The molecule has 2 N–H and O–H groups in total. The molecule has 0 bridgehead atoms. The standard InChI is InChI=1S/C28H32ClN7O4S/c1-17-11-18(2)31-26(30-17)33-27(34-28(41)32-21-14-23(37-3)20(29)13-24(21)38-4)36-9-7-35(8-10-36)15-19-5-6-22-25(12-19)40-16-39-22/h5-6,11-14H,7-10,15-16H2,1-4H3,(H2,30,31,32,33,34,41). The quantitative estimate of drug-likeness (QED) is 0.239. The molecule has 41 heavy (non-hydrogen) atoms. The summed E-state index contributed by atoms with van der Waals surface area (Å²) in [4.78, 5) is 18.4. The van der Waals surface area contributed by atoms with Gasteiger partial charge in [-0.25, -0.2) is 9.97 Å². The van der Waals surface area contributed by atoms with Crippen LogP contribution in [0.25, 0.3) is 0 Å². The van der Waals surface area contributed by atoms with Gasteiger partial charge in [-0.15, -0.1) is 0 Å². The molecule has 2 aliphatic rings. The van der Waals surface area contributed by atoms with Gasteiger partial charge >= 0.3 is 0 Å². The molecule has 0 aliphatic carbocycles. The van der Waals surface area contributed by atoms with Crippen LogP contribution in [0.1, 0.15) is 17.0 Å². The number of aromatic nitrogens is 2. The van der Waals surface area contributed by atoms with Crippen LogP contribution in [0.15, 0.2) is 41.4 Å². The molecular weight excluding hydrogens is 566 g/mol. The van der Waals surface area contributed by atoms with Crippen LogP contribution in [0.2, 0.25) is 5.02 Å². The van der Waals surface area contributed by atoms with Gasteiger partial charge in [0.15, 0.2) is 11.5 Å². The highest BCUT2D eigenvalue weighted by Crippen LogP contribution is 2.36. The van der Waals surface area contributed by atoms with Crippen LogP contribution < -0.4 is 29.6 Å². The third-order valence-corrected chi connectivity index (χ3v) is 7.13. The summed E-state index contributed by atoms with van der Waals surface area (Å²) in [5.41, 5.74) is 3.47. The topological polar surface area (TPSA) is 106 Å². The predicted molar refractivity (Wildman–Crippen MR) is 163 cm³/mol. The summed E-state index contributed by atoms with van der Waals surface area (Å²) in [6.45, 7) is 8.03. The average molecular weight is 598 g/mol. The highest BCUT2D eigenvalue weighted by atomic mass is 35.5. The summed E-state index contributed by atoms with van der Waals surface area (Å²) in [5, 5.41) is 7.10. The molecule has 2 aromatic carbocycles. The zero-order valence-electron chi connectivity index (χ0n) is 23.4. The second-order valence-corrected chi connectivity index (χ2v) is 10.4. The lowest BCUT2D eigenvalue weighted by Crippen LogP contribution is -2.50. The van der Waals surface area contributed by atoms with Gasteiger partial charge in [-0.1, -0.05) is 17.7 Å². The Morgan fingerprint density at radius 3 is 2.37 bits per heavy atom. The fourth-order valence-electron chi connectivity index (χ4n) is 4.67. The molecule has 0 radical (unpaired) electrons. The first-order chi connectivity index (χ1) is 19.8. The number of nitrogens with one attached hydrogen (secondary N) is 2. The molecular formula is C28H32ClN7O4S. The Kier molecular flexibility index (Phi) is 8.91. The van der Waals surface area contributed by atoms with Crippen LogP contribution >= 0.6 is 23.8 Å². The number of piperazine rings is 1. The van der Waals surface area contributed by atoms with E-state index in [-0.39, 0.29) is 11.9 Å². The fraction of sp³-hybridized carbons (Fsp3) is 0.357. The average Bonchev–Trinajstić information content (AvgIpc) is 3.41. The summed E-state index contributed by atoms with van der Waals surface area (Å²) in [6.07, 6.45) is 0. The van der Waals surface area contributed by atoms with E-state index in [1.807, 2.05) is 32.0 Å². The van der Waals surface area contributed by atoms with E-state index in [9.17, 15) is 0 Å². The van der Waals surface area contributed by atoms with Crippen LogP contribution in [-0.2, 0) is 6.54 Å². The first-order valence-corrected chi connectivity index (χ1v) is 13.9. The Labute approximate surface area is 249 Å². The van der Waals surface area contributed by atoms with E-state index < -0.39 is 0 Å². The second kappa shape index (κ2) is 12.8. The molecule has 2 aliphatic heterocycles. The Morgan fingerprint density at radius 2 is 1.66 bits per heavy atom. The maximum atomic E-state index is 6.27. The van der Waals surface area contributed by atoms with E-state index in [1.54, 1.807) is 26.4 Å². The largest absolute Gasteiger partial charge is 0.495 e. The molecule has 11 nitrogen and oxygen atoms in total. The number of aryl methyl sites for hydroxylation is 2. The number of anilines is 2. The zero-order chi connectivity index (χ0) is 28.9. The number of guanidine groups is 1. The van der Waals surface area contributed by atoms with Gasteiger partial charge in [0.05, 0.1) is 24.9 Å². The van der Waals surface area contributed by atoms with Gasteiger partial charge < -0.3 is 29.2 Å². The summed E-state index contributed by atoms with van der Waals surface area (Å²) >= 11 is 11.9. The normalized spacial score (nSPS) is 15.0. The number of thiocarbonyl (C=S) groups is 1. The third-order valence-electron chi connectivity index (χ3n) is 6.64. The summed E-state index contributed by atoms with van der Waals surface area (Å²) in [5.74, 6) is 3.59. The lowest BCUT2D eigenvalue weighted by atomic mass is 10.1. The lowest BCUT2D eigenvalue weighted by Gasteiger charge is -2.36. The summed E-state index contributed by atoms with van der Waals surface area (Å²) in [6, 6.07) is 11.4. The van der Waals surface area contributed by atoms with Gasteiger partial charge in [0, 0.05) is 56.2 Å². The number of hydrogen-bond acceptors (Lipinski definition) is 8. The Morgan fingerprint density at radius 1 is 0.951 bits per heavy atom. The van der Waals surface area contributed by atoms with E-state index in [2.05, 4.69) is 36.5 Å². The molecule has 216 valence electrons. The molecule has 0 atom stereocenters. The molecule has 0 saturated carbocycles. The van der Waals surface area contributed by atoms with E-state index >= 15 is 0 Å². The monoisotopic (exact) mass is 597 g/mol. The van der Waals surface area contributed by atoms with E-state index in [0.29, 0.717) is 34.1 Å². The van der Waals surface area contributed by atoms with Gasteiger partial charge in [-0.2, -0.15) is 4.99 Å². The van der Waals surface area contributed by atoms with Gasteiger partial charge in [0.2, 0.25) is 23.8 Å². The Hall–Kier alpha value is -3.87. The van der Waals surface area contributed by atoms with Crippen LogP contribution in [0.4, 0.5) is 11.6 Å². The fourth-order valence-corrected chi connectivity index (χ4v) is 5.10. The number of aliphatic imine (C=N–C) groups is 1. The zero-order valence-corrected chi connectivity index (χ0v) is 24.9. The van der Waals surface area contributed by atoms with Crippen molar-refractivity contribution < 1.29 is 18.9 Å². The highest BCUT2D eigenvalue weighted by molar-refractivity contribution is 7.80. The van der Waals surface area contributed by atoms with Gasteiger partial charge in [0.25, 0.3) is 0 Å². The van der Waals surface area contributed by atoms with Crippen molar-refractivity contribution in [1.82, 2.24) is 19.8 Å². The first kappa shape index (κ1) is 28.7. The van der Waals surface area contributed by atoms with Crippen molar-refractivity contribution >= 4 is 46.5 Å². The minimum Gasteiger partial charge on any atom is -0.495 e. The first-order valence-electron chi connectivity index (χ1n) is 13.1. The number of halogens is 1. The van der Waals surface area contributed by atoms with E-state index in [0.717, 1.165) is 55.6 Å². The summed E-state index contributed by atoms with van der Waals surface area (Å²) in [7, 11) is 3.11. The maximum absolute atomic E-state index is 6.27. The van der Waals surface area contributed by atoms with Crippen molar-refractivity contribution in [3.05, 3.63) is 58.4 Å². The van der Waals surface area contributed by atoms with Crippen molar-refractivity contribution in [3.8, 4) is 23.0 Å². The minimum atomic E-state index is 0.224. The van der Waals surface area contributed by atoms with Crippen molar-refractivity contribution in [2.45, 2.75) is 20.4 Å². The van der Waals surface area contributed by atoms with Gasteiger partial charge in [-0.3, -0.25) is 10.2 Å². The number of ether oxygens (including phenoxy) is 4. The van der Waals surface area contributed by atoms with Crippen molar-refractivity contribution in [2.24, 2.45) is 4.99 Å². The second-order valence-electron chi connectivity index (χ2n) is 9.60. The van der Waals surface area contributed by atoms with Crippen LogP contribution in [-0.4, -0.2) is 78.0 Å². The van der Waals surface area contributed by atoms with Crippen molar-refractivity contribution in [3.63, 3.8) is 0 Å². The summed E-state index contributed by atoms with van der Waals surface area (Å²) < 4.78 is 21.8. The van der Waals surface area contributed by atoms with Crippen LogP contribution in [0.5, 0.6) is 23.0 Å². The SMILES string of the molecule is COc1cc(NC(=S)/N=C(\Nc2nc(C)cc(C)n2)N2CCN(Cc3ccc4c(c3)OCO4)CC2)c(OC)cc1Cl. The van der Waals surface area contributed by atoms with Crippen molar-refractivity contribution in [2.75, 3.05) is 57.8 Å². The maximum Gasteiger partial charge on any atom is 0.231 e. The Bertz CT molecular complexity index is 1440. The van der Waals surface area contributed by atoms with Crippen LogP contribution in [0.3, 0.4) is 0 Å². The van der Waals surface area contributed by atoms with E-state index in [4.69, 9.17) is 47.8 Å². The van der Waals surface area contributed by atoms with Gasteiger partial charge in [0.1, 0.15) is 11.5 Å². The number of nitrogens with zero attached hydrogens (tertiary/aromatic N) is 5. The minimum absolute atomic E-state index is 0.224. The van der Waals surface area contributed by atoms with Crippen LogP contribution in [0, 0.1) is 13.8 Å². The molecule has 5 rings (SSSR count). The highest BCUT2D eigenvalue weighted by Gasteiger charge is 2.23. The predicted octanol–water partition coefficient (Wildman–Crippen LogP) is 4.48. The molecule has 1 saturated heterocycles. The molecule has 3 heterocycles. The lowest BCUT2D eigenvalue weighted by molar-refractivity contribution is 0.172. The number of methoxy groups -OCH3 is 2. The molecule has 13 heteroatoms. The molecule has 0 spiro atoms. The van der Waals surface area contributed by atoms with Crippen molar-refractivity contribution in [1.29, 1.82) is 0 Å². The third kappa shape index (κ3) is 7.07. The number of rotatable bonds is 6. The number of hydrogen-bond donors (Lipinski definition) is 2.